The molecule has 4 aromatic rings. The molecule has 0 spiro atoms. The first-order valence-electron chi connectivity index (χ1n) is 11.1. The molecule has 0 atom stereocenters. The number of amides is 2. The molecule has 2 heterocycles. The van der Waals surface area contributed by atoms with E-state index in [9.17, 15) is 4.79 Å². The van der Waals surface area contributed by atoms with Crippen molar-refractivity contribution in [2.45, 2.75) is 47.0 Å². The SMILES string of the molecule is CC.CCCCc1cc(NC(=O)Nc2ccc(-c3cccc4c(C)nccc34)cc2)no1. The van der Waals surface area contributed by atoms with Crippen LogP contribution in [0.15, 0.2) is 65.3 Å². The van der Waals surface area contributed by atoms with Crippen LogP contribution in [0.3, 0.4) is 0 Å². The highest BCUT2D eigenvalue weighted by atomic mass is 16.5. The molecule has 32 heavy (non-hydrogen) atoms. The lowest BCUT2D eigenvalue weighted by atomic mass is 9.98. The summed E-state index contributed by atoms with van der Waals surface area (Å²) in [5.74, 6) is 1.19. The molecule has 2 aromatic carbocycles. The van der Waals surface area contributed by atoms with E-state index in [0.29, 0.717) is 11.5 Å². The zero-order valence-electron chi connectivity index (χ0n) is 19.1. The van der Waals surface area contributed by atoms with Gasteiger partial charge in [-0.05, 0) is 48.1 Å². The molecule has 0 saturated heterocycles. The minimum absolute atomic E-state index is 0.357. The van der Waals surface area contributed by atoms with Crippen LogP contribution in [-0.4, -0.2) is 16.2 Å². The van der Waals surface area contributed by atoms with Crippen molar-refractivity contribution in [1.82, 2.24) is 10.1 Å². The van der Waals surface area contributed by atoms with E-state index in [4.69, 9.17) is 4.52 Å². The van der Waals surface area contributed by atoms with Crippen LogP contribution in [0.5, 0.6) is 0 Å². The second kappa shape index (κ2) is 11.1. The number of nitrogens with zero attached hydrogens (tertiary/aromatic N) is 2. The number of unbranched alkanes of at least 4 members (excludes halogenated alkanes) is 1. The summed E-state index contributed by atoms with van der Waals surface area (Å²) in [6.45, 7) is 8.13. The van der Waals surface area contributed by atoms with Crippen molar-refractivity contribution in [3.8, 4) is 11.1 Å². The Morgan fingerprint density at radius 3 is 2.53 bits per heavy atom. The molecule has 0 bridgehead atoms. The first-order valence-corrected chi connectivity index (χ1v) is 11.1. The zero-order chi connectivity index (χ0) is 22.9. The van der Waals surface area contributed by atoms with Crippen LogP contribution in [0.1, 0.15) is 45.1 Å². The summed E-state index contributed by atoms with van der Waals surface area (Å²) in [7, 11) is 0. The Bertz CT molecular complexity index is 1170. The van der Waals surface area contributed by atoms with Crippen molar-refractivity contribution in [3.05, 3.63) is 72.2 Å². The van der Waals surface area contributed by atoms with Gasteiger partial charge in [0.1, 0.15) is 5.76 Å². The van der Waals surface area contributed by atoms with Gasteiger partial charge in [0.05, 0.1) is 0 Å². The van der Waals surface area contributed by atoms with Gasteiger partial charge in [-0.3, -0.25) is 10.3 Å². The number of aromatic nitrogens is 2. The number of anilines is 2. The smallest absolute Gasteiger partial charge is 0.324 e. The summed E-state index contributed by atoms with van der Waals surface area (Å²) in [4.78, 5) is 16.6. The molecule has 166 valence electrons. The largest absolute Gasteiger partial charge is 0.359 e. The predicted octanol–water partition coefficient (Wildman–Crippen LogP) is 7.21. The summed E-state index contributed by atoms with van der Waals surface area (Å²) < 4.78 is 5.23. The fourth-order valence-electron chi connectivity index (χ4n) is 3.46. The average Bonchev–Trinajstić information content (AvgIpc) is 3.26. The Balaban J connectivity index is 0.00000141. The Hall–Kier alpha value is -3.67. The minimum atomic E-state index is -0.357. The average molecular weight is 431 g/mol. The van der Waals surface area contributed by atoms with Crippen molar-refractivity contribution in [3.63, 3.8) is 0 Å². The summed E-state index contributed by atoms with van der Waals surface area (Å²) in [5, 5.41) is 11.7. The summed E-state index contributed by atoms with van der Waals surface area (Å²) in [5.41, 5.74) is 3.92. The quantitative estimate of drug-likeness (QED) is 0.339. The number of hydrogen-bond acceptors (Lipinski definition) is 4. The maximum Gasteiger partial charge on any atom is 0.324 e. The number of urea groups is 1. The Morgan fingerprint density at radius 2 is 1.78 bits per heavy atom. The van der Waals surface area contributed by atoms with E-state index in [-0.39, 0.29) is 6.03 Å². The molecule has 2 amide bonds. The van der Waals surface area contributed by atoms with Gasteiger partial charge in [0.15, 0.2) is 5.82 Å². The van der Waals surface area contributed by atoms with Gasteiger partial charge in [-0.1, -0.05) is 62.7 Å². The van der Waals surface area contributed by atoms with Crippen LogP contribution >= 0.6 is 0 Å². The second-order valence-electron chi connectivity index (χ2n) is 7.24. The van der Waals surface area contributed by atoms with Crippen LogP contribution < -0.4 is 10.6 Å². The van der Waals surface area contributed by atoms with E-state index in [1.54, 1.807) is 6.07 Å². The fraction of sp³-hybridized carbons (Fsp3) is 0.269. The number of aryl methyl sites for hydroxylation is 2. The molecule has 0 aliphatic heterocycles. The van der Waals surface area contributed by atoms with Gasteiger partial charge < -0.3 is 9.84 Å². The number of carbonyl (C=O) groups is 1. The maximum absolute atomic E-state index is 12.3. The standard InChI is InChI=1S/C24H24N4O2.C2H6/c1-3-4-6-19-15-23(28-30-19)27-24(29)26-18-11-9-17(10-12-18)21-8-5-7-20-16(2)25-14-13-22(20)21;1-2/h5,7-15H,3-4,6H2,1-2H3,(H2,26,27,28,29);1-2H3. The van der Waals surface area contributed by atoms with Gasteiger partial charge in [0, 0.05) is 35.5 Å². The Kier molecular flexibility index (Phi) is 7.97. The molecule has 0 aliphatic rings. The molecule has 2 N–H and O–H groups in total. The predicted molar refractivity (Wildman–Crippen MR) is 131 cm³/mol. The topological polar surface area (TPSA) is 80.0 Å². The van der Waals surface area contributed by atoms with Crippen molar-refractivity contribution >= 4 is 28.3 Å². The number of pyridine rings is 1. The number of benzene rings is 2. The third-order valence-corrected chi connectivity index (χ3v) is 5.04. The first kappa shape index (κ1) is 23.0. The normalized spacial score (nSPS) is 10.4. The molecule has 0 saturated carbocycles. The van der Waals surface area contributed by atoms with Crippen LogP contribution in [0, 0.1) is 6.92 Å². The number of rotatable bonds is 6. The van der Waals surface area contributed by atoms with E-state index >= 15 is 0 Å². The number of nitrogens with one attached hydrogen (secondary N) is 2. The third-order valence-electron chi connectivity index (χ3n) is 5.04. The van der Waals surface area contributed by atoms with Gasteiger partial charge >= 0.3 is 6.03 Å². The Labute approximate surface area is 189 Å². The van der Waals surface area contributed by atoms with Gasteiger partial charge in [0.25, 0.3) is 0 Å². The van der Waals surface area contributed by atoms with Crippen molar-refractivity contribution in [1.29, 1.82) is 0 Å². The van der Waals surface area contributed by atoms with Gasteiger partial charge in [-0.25, -0.2) is 4.79 Å². The summed E-state index contributed by atoms with van der Waals surface area (Å²) in [6, 6.07) is 17.4. The number of fused-ring (bicyclic) bond motifs is 1. The Morgan fingerprint density at radius 1 is 1.00 bits per heavy atom. The molecule has 2 aromatic heterocycles. The maximum atomic E-state index is 12.3. The number of carbonyl (C=O) groups excluding carboxylic acids is 1. The van der Waals surface area contributed by atoms with Crippen LogP contribution in [0.4, 0.5) is 16.3 Å². The third kappa shape index (κ3) is 5.52. The molecule has 4 rings (SSSR count). The highest BCUT2D eigenvalue weighted by molar-refractivity contribution is 6.00. The zero-order valence-corrected chi connectivity index (χ0v) is 19.1. The van der Waals surface area contributed by atoms with E-state index in [1.165, 1.54) is 0 Å². The lowest BCUT2D eigenvalue weighted by molar-refractivity contribution is 0.262. The van der Waals surface area contributed by atoms with Crippen LogP contribution in [0.2, 0.25) is 0 Å². The molecule has 6 nitrogen and oxygen atoms in total. The van der Waals surface area contributed by atoms with E-state index in [2.05, 4.69) is 39.8 Å². The molecule has 0 aliphatic carbocycles. The highest BCUT2D eigenvalue weighted by Gasteiger charge is 2.09. The molecular formula is C26H30N4O2. The minimum Gasteiger partial charge on any atom is -0.359 e. The monoisotopic (exact) mass is 430 g/mol. The second-order valence-corrected chi connectivity index (χ2v) is 7.24. The molecule has 6 heteroatoms. The summed E-state index contributed by atoms with van der Waals surface area (Å²) >= 11 is 0. The number of hydrogen-bond donors (Lipinski definition) is 2. The molecular weight excluding hydrogens is 400 g/mol. The van der Waals surface area contributed by atoms with E-state index in [0.717, 1.165) is 52.6 Å². The molecule has 0 radical (unpaired) electrons. The van der Waals surface area contributed by atoms with Crippen molar-refractivity contribution in [2.75, 3.05) is 10.6 Å². The lowest BCUT2D eigenvalue weighted by Gasteiger charge is -2.10. The molecule has 0 unspecified atom stereocenters. The van der Waals surface area contributed by atoms with Crippen molar-refractivity contribution in [2.24, 2.45) is 0 Å². The fourth-order valence-corrected chi connectivity index (χ4v) is 3.46. The van der Waals surface area contributed by atoms with Crippen molar-refractivity contribution < 1.29 is 9.32 Å². The molecule has 0 fully saturated rings. The summed E-state index contributed by atoms with van der Waals surface area (Å²) in [6.07, 6.45) is 4.76. The van der Waals surface area contributed by atoms with Gasteiger partial charge in [-0.2, -0.15) is 0 Å². The lowest BCUT2D eigenvalue weighted by Crippen LogP contribution is -2.19. The highest BCUT2D eigenvalue weighted by Crippen LogP contribution is 2.30. The van der Waals surface area contributed by atoms with Gasteiger partial charge in [0.2, 0.25) is 0 Å². The van der Waals surface area contributed by atoms with Gasteiger partial charge in [-0.15, -0.1) is 0 Å². The first-order chi connectivity index (χ1) is 15.6. The van der Waals surface area contributed by atoms with Crippen LogP contribution in [0.25, 0.3) is 21.9 Å². The van der Waals surface area contributed by atoms with E-state index in [1.807, 2.05) is 63.4 Å². The van der Waals surface area contributed by atoms with Crippen LogP contribution in [-0.2, 0) is 6.42 Å². The van der Waals surface area contributed by atoms with E-state index < -0.39 is 0 Å².